The smallest absolute Gasteiger partial charge is 0.433 e. The van der Waals surface area contributed by atoms with Crippen LogP contribution in [-0.4, -0.2) is 48.2 Å². The molecule has 1 amide bonds. The summed E-state index contributed by atoms with van der Waals surface area (Å²) in [5.41, 5.74) is 2.77. The standard InChI is InChI=1S/C19H22N4O5/c24-19(21-20-14-17-8-9-18(28-17)23(25)26)15-4-6-16(7-5-15)27-13-12-22-10-2-1-3-11-22/h4-9,14H,1-3,10-13H2,(H,21,24)/b20-14+. The number of benzene rings is 1. The monoisotopic (exact) mass is 386 g/mol. The van der Waals surface area contributed by atoms with Gasteiger partial charge >= 0.3 is 5.88 Å². The number of furan rings is 1. The molecule has 2 heterocycles. The zero-order chi connectivity index (χ0) is 19.8. The fraction of sp³-hybridized carbons (Fsp3) is 0.368. The normalized spacial score (nSPS) is 14.9. The van der Waals surface area contributed by atoms with Crippen molar-refractivity contribution in [2.45, 2.75) is 19.3 Å². The summed E-state index contributed by atoms with van der Waals surface area (Å²) in [6, 6.07) is 9.39. The van der Waals surface area contributed by atoms with Crippen LogP contribution in [0, 0.1) is 10.1 Å². The van der Waals surface area contributed by atoms with E-state index in [1.807, 2.05) is 0 Å². The Morgan fingerprint density at radius 3 is 2.64 bits per heavy atom. The van der Waals surface area contributed by atoms with E-state index in [4.69, 9.17) is 9.15 Å². The lowest BCUT2D eigenvalue weighted by Gasteiger charge is -2.26. The van der Waals surface area contributed by atoms with Gasteiger partial charge in [0.25, 0.3) is 5.91 Å². The third-order valence-corrected chi connectivity index (χ3v) is 4.39. The number of rotatable bonds is 8. The number of nitrogens with one attached hydrogen (secondary N) is 1. The van der Waals surface area contributed by atoms with Gasteiger partial charge in [0.05, 0.1) is 12.3 Å². The van der Waals surface area contributed by atoms with E-state index in [0.29, 0.717) is 17.9 Å². The van der Waals surface area contributed by atoms with Gasteiger partial charge < -0.3 is 9.15 Å². The molecule has 1 aliphatic rings. The van der Waals surface area contributed by atoms with Crippen LogP contribution in [0.25, 0.3) is 0 Å². The molecule has 1 saturated heterocycles. The Kier molecular flexibility index (Phi) is 6.74. The van der Waals surface area contributed by atoms with Gasteiger partial charge in [-0.3, -0.25) is 19.8 Å². The Morgan fingerprint density at radius 1 is 1.21 bits per heavy atom. The Morgan fingerprint density at radius 2 is 1.96 bits per heavy atom. The topological polar surface area (TPSA) is 110 Å². The first-order chi connectivity index (χ1) is 13.6. The van der Waals surface area contributed by atoms with E-state index in [-0.39, 0.29) is 11.6 Å². The van der Waals surface area contributed by atoms with Gasteiger partial charge in [-0.2, -0.15) is 5.10 Å². The van der Waals surface area contributed by atoms with Crippen molar-refractivity contribution in [3.63, 3.8) is 0 Å². The van der Waals surface area contributed by atoms with E-state index >= 15 is 0 Å². The number of hydrazone groups is 1. The van der Waals surface area contributed by atoms with Gasteiger partial charge in [0.15, 0.2) is 5.76 Å². The summed E-state index contributed by atoms with van der Waals surface area (Å²) in [6.07, 6.45) is 5.02. The minimum absolute atomic E-state index is 0.171. The SMILES string of the molecule is O=C(N/N=C/c1ccc([N+](=O)[O-])o1)c1ccc(OCCN2CCCCC2)cc1. The molecule has 0 spiro atoms. The number of amides is 1. The summed E-state index contributed by atoms with van der Waals surface area (Å²) in [6.45, 7) is 3.79. The van der Waals surface area contributed by atoms with E-state index in [1.54, 1.807) is 24.3 Å². The molecule has 1 aliphatic heterocycles. The summed E-state index contributed by atoms with van der Waals surface area (Å²) in [5, 5.41) is 14.3. The molecule has 0 unspecified atom stereocenters. The van der Waals surface area contributed by atoms with E-state index in [1.165, 1.54) is 37.6 Å². The third-order valence-electron chi connectivity index (χ3n) is 4.39. The molecule has 1 aromatic heterocycles. The van der Waals surface area contributed by atoms with Gasteiger partial charge in [-0.05, 0) is 56.3 Å². The molecule has 3 rings (SSSR count). The van der Waals surface area contributed by atoms with Crippen molar-refractivity contribution in [3.8, 4) is 5.75 Å². The lowest BCUT2D eigenvalue weighted by molar-refractivity contribution is -0.402. The number of nitrogens with zero attached hydrogens (tertiary/aromatic N) is 3. The third kappa shape index (κ3) is 5.65. The average Bonchev–Trinajstić information content (AvgIpc) is 3.19. The summed E-state index contributed by atoms with van der Waals surface area (Å²) in [5.74, 6) is 0.0882. The average molecular weight is 386 g/mol. The first kappa shape index (κ1) is 19.6. The maximum Gasteiger partial charge on any atom is 0.433 e. The Labute approximate surface area is 162 Å². The van der Waals surface area contributed by atoms with Crippen molar-refractivity contribution in [1.29, 1.82) is 0 Å². The van der Waals surface area contributed by atoms with E-state index < -0.39 is 10.8 Å². The first-order valence-electron chi connectivity index (χ1n) is 9.15. The second-order valence-corrected chi connectivity index (χ2v) is 6.41. The van der Waals surface area contributed by atoms with Crippen molar-refractivity contribution in [2.24, 2.45) is 5.10 Å². The summed E-state index contributed by atoms with van der Waals surface area (Å²) >= 11 is 0. The molecule has 28 heavy (non-hydrogen) atoms. The van der Waals surface area contributed by atoms with E-state index in [0.717, 1.165) is 19.6 Å². The molecule has 0 bridgehead atoms. The predicted molar refractivity (Wildman–Crippen MR) is 103 cm³/mol. The number of nitro groups is 1. The Balaban J connectivity index is 1.43. The van der Waals surface area contributed by atoms with Gasteiger partial charge in [-0.15, -0.1) is 0 Å². The zero-order valence-electron chi connectivity index (χ0n) is 15.4. The van der Waals surface area contributed by atoms with Gasteiger partial charge in [0.1, 0.15) is 17.3 Å². The van der Waals surface area contributed by atoms with Crippen LogP contribution in [0.3, 0.4) is 0 Å². The van der Waals surface area contributed by atoms with Gasteiger partial charge in [-0.1, -0.05) is 6.42 Å². The quantitative estimate of drug-likeness (QED) is 0.424. The summed E-state index contributed by atoms with van der Waals surface area (Å²) < 4.78 is 10.6. The van der Waals surface area contributed by atoms with Crippen molar-refractivity contribution in [2.75, 3.05) is 26.2 Å². The zero-order valence-corrected chi connectivity index (χ0v) is 15.4. The molecule has 2 aromatic rings. The highest BCUT2D eigenvalue weighted by Gasteiger charge is 2.11. The van der Waals surface area contributed by atoms with Crippen molar-refractivity contribution in [1.82, 2.24) is 10.3 Å². The Bertz CT molecular complexity index is 825. The maximum atomic E-state index is 12.1. The number of hydrogen-bond acceptors (Lipinski definition) is 7. The number of carbonyl (C=O) groups excluding carboxylic acids is 1. The number of likely N-dealkylation sites (tertiary alicyclic amines) is 1. The minimum atomic E-state index is -0.647. The molecule has 0 aliphatic carbocycles. The highest BCUT2D eigenvalue weighted by molar-refractivity contribution is 5.94. The maximum absolute atomic E-state index is 12.1. The molecule has 1 N–H and O–H groups in total. The number of carbonyl (C=O) groups is 1. The number of hydrogen-bond donors (Lipinski definition) is 1. The van der Waals surface area contributed by atoms with Crippen molar-refractivity contribution >= 4 is 18.0 Å². The lowest BCUT2D eigenvalue weighted by atomic mass is 10.1. The van der Waals surface area contributed by atoms with Crippen LogP contribution in [0.4, 0.5) is 5.88 Å². The first-order valence-corrected chi connectivity index (χ1v) is 9.15. The van der Waals surface area contributed by atoms with Crippen molar-refractivity contribution in [3.05, 3.63) is 57.8 Å². The highest BCUT2D eigenvalue weighted by Crippen LogP contribution is 2.15. The van der Waals surface area contributed by atoms with Crippen LogP contribution in [0.1, 0.15) is 35.4 Å². The molecule has 9 heteroatoms. The van der Waals surface area contributed by atoms with Gasteiger partial charge in [0.2, 0.25) is 0 Å². The van der Waals surface area contributed by atoms with E-state index in [2.05, 4.69) is 15.4 Å². The molecule has 0 atom stereocenters. The fourth-order valence-corrected chi connectivity index (χ4v) is 2.91. The number of ether oxygens (including phenoxy) is 1. The molecule has 9 nitrogen and oxygen atoms in total. The van der Waals surface area contributed by atoms with Crippen molar-refractivity contribution < 1.29 is 18.9 Å². The molecule has 0 radical (unpaired) electrons. The van der Waals surface area contributed by atoms with Crippen LogP contribution in [-0.2, 0) is 0 Å². The van der Waals surface area contributed by atoms with E-state index in [9.17, 15) is 14.9 Å². The second kappa shape index (κ2) is 9.65. The highest BCUT2D eigenvalue weighted by atomic mass is 16.6. The van der Waals surface area contributed by atoms with Crippen LogP contribution < -0.4 is 10.2 Å². The molecular weight excluding hydrogens is 364 g/mol. The van der Waals surface area contributed by atoms with Gasteiger partial charge in [0, 0.05) is 12.1 Å². The predicted octanol–water partition coefficient (Wildman–Crippen LogP) is 2.82. The van der Waals surface area contributed by atoms with Crippen LogP contribution >= 0.6 is 0 Å². The molecule has 1 fully saturated rings. The van der Waals surface area contributed by atoms with Crippen LogP contribution in [0.5, 0.6) is 5.75 Å². The molecule has 0 saturated carbocycles. The largest absolute Gasteiger partial charge is 0.492 e. The lowest BCUT2D eigenvalue weighted by Crippen LogP contribution is -2.33. The molecule has 1 aromatic carbocycles. The summed E-state index contributed by atoms with van der Waals surface area (Å²) in [7, 11) is 0. The number of piperidine rings is 1. The molecule has 148 valence electrons. The second-order valence-electron chi connectivity index (χ2n) is 6.41. The fourth-order valence-electron chi connectivity index (χ4n) is 2.91. The van der Waals surface area contributed by atoms with Crippen LogP contribution in [0.2, 0.25) is 0 Å². The summed E-state index contributed by atoms with van der Waals surface area (Å²) in [4.78, 5) is 24.4. The van der Waals surface area contributed by atoms with Gasteiger partial charge in [-0.25, -0.2) is 5.43 Å². The van der Waals surface area contributed by atoms with Crippen LogP contribution in [0.15, 0.2) is 45.9 Å². The Hall–Kier alpha value is -3.20. The minimum Gasteiger partial charge on any atom is -0.492 e. The molecular formula is C19H22N4O5.